The van der Waals surface area contributed by atoms with Gasteiger partial charge in [-0.2, -0.15) is 0 Å². The average molecular weight is 410 g/mol. The van der Waals surface area contributed by atoms with Crippen molar-refractivity contribution in [2.24, 2.45) is 0 Å². The molecule has 8 heteroatoms. The van der Waals surface area contributed by atoms with Gasteiger partial charge in [-0.05, 0) is 30.3 Å². The molecule has 1 heterocycles. The summed E-state index contributed by atoms with van der Waals surface area (Å²) in [4.78, 5) is 23.5. The van der Waals surface area contributed by atoms with Crippen LogP contribution in [-0.4, -0.2) is 32.3 Å². The number of benzene rings is 2. The van der Waals surface area contributed by atoms with Crippen LogP contribution in [0.3, 0.4) is 0 Å². The van der Waals surface area contributed by atoms with Crippen molar-refractivity contribution in [3.8, 4) is 5.69 Å². The van der Waals surface area contributed by atoms with Gasteiger partial charge in [-0.3, -0.25) is 14.2 Å². The maximum absolute atomic E-state index is 12.3. The van der Waals surface area contributed by atoms with E-state index in [0.717, 1.165) is 23.1 Å². The van der Waals surface area contributed by atoms with Gasteiger partial charge in [-0.15, -0.1) is 10.2 Å². The predicted molar refractivity (Wildman–Crippen MR) is 115 cm³/mol. The van der Waals surface area contributed by atoms with Crippen LogP contribution >= 0.6 is 11.8 Å². The second-order valence-corrected chi connectivity index (χ2v) is 7.39. The van der Waals surface area contributed by atoms with E-state index in [0.29, 0.717) is 23.5 Å². The van der Waals surface area contributed by atoms with Crippen LogP contribution in [0.4, 0.5) is 11.4 Å². The summed E-state index contributed by atoms with van der Waals surface area (Å²) in [7, 11) is 0. The molecule has 3 rings (SSSR count). The van der Waals surface area contributed by atoms with Crippen molar-refractivity contribution in [2.45, 2.75) is 31.8 Å². The monoisotopic (exact) mass is 409 g/mol. The van der Waals surface area contributed by atoms with Gasteiger partial charge in [-0.1, -0.05) is 43.0 Å². The molecule has 0 aliphatic carbocycles. The molecule has 0 aliphatic heterocycles. The van der Waals surface area contributed by atoms with Gasteiger partial charge in [0.1, 0.15) is 5.82 Å². The van der Waals surface area contributed by atoms with E-state index < -0.39 is 0 Å². The van der Waals surface area contributed by atoms with E-state index in [1.807, 2.05) is 41.8 Å². The lowest BCUT2D eigenvalue weighted by Gasteiger charge is -2.10. The average Bonchev–Trinajstić information content (AvgIpc) is 3.11. The highest BCUT2D eigenvalue weighted by Gasteiger charge is 2.13. The molecule has 0 fully saturated rings. The smallest absolute Gasteiger partial charge is 0.225 e. The first-order valence-electron chi connectivity index (χ1n) is 9.37. The summed E-state index contributed by atoms with van der Waals surface area (Å²) >= 11 is 1.50. The number of hydrogen-bond acceptors (Lipinski definition) is 5. The van der Waals surface area contributed by atoms with Crippen molar-refractivity contribution in [2.75, 3.05) is 16.4 Å². The lowest BCUT2D eigenvalue weighted by Crippen LogP contribution is -2.13. The zero-order valence-corrected chi connectivity index (χ0v) is 17.2. The third-order valence-corrected chi connectivity index (χ3v) is 4.99. The predicted octanol–water partition coefficient (Wildman–Crippen LogP) is 3.91. The van der Waals surface area contributed by atoms with E-state index >= 15 is 0 Å². The number of para-hydroxylation sites is 1. The topological polar surface area (TPSA) is 88.9 Å². The van der Waals surface area contributed by atoms with E-state index in [9.17, 15) is 9.59 Å². The van der Waals surface area contributed by atoms with Gasteiger partial charge in [0.05, 0.1) is 0 Å². The molecule has 0 atom stereocenters. The van der Waals surface area contributed by atoms with Crippen LogP contribution in [0, 0.1) is 0 Å². The Balaban J connectivity index is 1.59. The summed E-state index contributed by atoms with van der Waals surface area (Å²) in [5.41, 5.74) is 2.30. The molecule has 3 aromatic rings. The molecule has 1 aromatic heterocycles. The van der Waals surface area contributed by atoms with Crippen LogP contribution < -0.4 is 10.6 Å². The van der Waals surface area contributed by atoms with Gasteiger partial charge >= 0.3 is 0 Å². The number of thioether (sulfide) groups is 1. The highest BCUT2D eigenvalue weighted by atomic mass is 32.2. The minimum Gasteiger partial charge on any atom is -0.326 e. The molecule has 2 aromatic carbocycles. The first-order chi connectivity index (χ1) is 14.1. The Hall–Kier alpha value is -3.13. The molecule has 0 bridgehead atoms. The summed E-state index contributed by atoms with van der Waals surface area (Å²) in [6.45, 7) is 3.49. The Labute approximate surface area is 173 Å². The molecule has 0 radical (unpaired) electrons. The molecule has 2 amide bonds. The molecular formula is C21H23N5O2S. The van der Waals surface area contributed by atoms with Gasteiger partial charge in [0.15, 0.2) is 5.16 Å². The summed E-state index contributed by atoms with van der Waals surface area (Å²) in [6, 6.07) is 17.0. The van der Waals surface area contributed by atoms with Crippen molar-refractivity contribution in [3.63, 3.8) is 0 Å². The molecule has 0 aliphatic rings. The van der Waals surface area contributed by atoms with Crippen molar-refractivity contribution in [1.29, 1.82) is 0 Å². The molecular weight excluding hydrogens is 386 g/mol. The third kappa shape index (κ3) is 5.68. The molecule has 7 nitrogen and oxygen atoms in total. The zero-order valence-electron chi connectivity index (χ0n) is 16.4. The standard InChI is InChI=1S/C21H23N5O2S/c1-3-19-24-25-21(26(19)18-10-5-4-6-11-18)29-13-12-20(28)23-17-9-7-8-16(14-17)22-15(2)27/h4-11,14H,3,12-13H2,1-2H3,(H,22,27)(H,23,28). The van der Waals surface area contributed by atoms with Gasteiger partial charge < -0.3 is 10.6 Å². The number of amides is 2. The van der Waals surface area contributed by atoms with Crippen LogP contribution in [-0.2, 0) is 16.0 Å². The van der Waals surface area contributed by atoms with E-state index in [1.165, 1.54) is 18.7 Å². The molecule has 150 valence electrons. The Morgan fingerprint density at radius 1 is 1.00 bits per heavy atom. The van der Waals surface area contributed by atoms with Crippen molar-refractivity contribution in [1.82, 2.24) is 14.8 Å². The maximum atomic E-state index is 12.3. The number of rotatable bonds is 8. The third-order valence-electron chi connectivity index (χ3n) is 4.06. The molecule has 0 unspecified atom stereocenters. The van der Waals surface area contributed by atoms with E-state index in [-0.39, 0.29) is 11.8 Å². The first kappa shape index (κ1) is 20.6. The van der Waals surface area contributed by atoms with Crippen LogP contribution in [0.25, 0.3) is 5.69 Å². The lowest BCUT2D eigenvalue weighted by molar-refractivity contribution is -0.116. The number of anilines is 2. The molecule has 0 spiro atoms. The number of aromatic nitrogens is 3. The molecule has 0 saturated heterocycles. The van der Waals surface area contributed by atoms with E-state index in [1.54, 1.807) is 24.3 Å². The number of nitrogens with zero attached hydrogens (tertiary/aromatic N) is 3. The van der Waals surface area contributed by atoms with Gasteiger partial charge in [0.25, 0.3) is 0 Å². The zero-order chi connectivity index (χ0) is 20.6. The van der Waals surface area contributed by atoms with Crippen LogP contribution in [0.5, 0.6) is 0 Å². The summed E-state index contributed by atoms with van der Waals surface area (Å²) in [5, 5.41) is 14.9. The fourth-order valence-electron chi connectivity index (χ4n) is 2.80. The SMILES string of the molecule is CCc1nnc(SCCC(=O)Nc2cccc(NC(C)=O)c2)n1-c1ccccc1. The quantitative estimate of drug-likeness (QED) is 0.551. The normalized spacial score (nSPS) is 10.6. The lowest BCUT2D eigenvalue weighted by atomic mass is 10.2. The van der Waals surface area contributed by atoms with E-state index in [4.69, 9.17) is 0 Å². The van der Waals surface area contributed by atoms with Crippen molar-refractivity contribution in [3.05, 3.63) is 60.4 Å². The van der Waals surface area contributed by atoms with Crippen LogP contribution in [0.15, 0.2) is 59.8 Å². The van der Waals surface area contributed by atoms with Gasteiger partial charge in [0.2, 0.25) is 11.8 Å². The van der Waals surface area contributed by atoms with Gasteiger partial charge in [-0.25, -0.2) is 0 Å². The number of nitrogens with one attached hydrogen (secondary N) is 2. The molecule has 0 saturated carbocycles. The van der Waals surface area contributed by atoms with Crippen molar-refractivity contribution >= 4 is 35.0 Å². The van der Waals surface area contributed by atoms with Crippen LogP contribution in [0.1, 0.15) is 26.1 Å². The number of aryl methyl sites for hydroxylation is 1. The Bertz CT molecular complexity index is 988. The minimum absolute atomic E-state index is 0.0982. The second-order valence-electron chi connectivity index (χ2n) is 6.33. The fraction of sp³-hybridized carbons (Fsp3) is 0.238. The summed E-state index contributed by atoms with van der Waals surface area (Å²) < 4.78 is 2.03. The molecule has 29 heavy (non-hydrogen) atoms. The fourth-order valence-corrected chi connectivity index (χ4v) is 3.70. The number of carbonyl (C=O) groups excluding carboxylic acids is 2. The molecule has 2 N–H and O–H groups in total. The minimum atomic E-state index is -0.154. The maximum Gasteiger partial charge on any atom is 0.225 e. The highest BCUT2D eigenvalue weighted by molar-refractivity contribution is 7.99. The highest BCUT2D eigenvalue weighted by Crippen LogP contribution is 2.23. The number of hydrogen-bond donors (Lipinski definition) is 2. The number of carbonyl (C=O) groups is 2. The summed E-state index contributed by atoms with van der Waals surface area (Å²) in [6.07, 6.45) is 1.10. The Kier molecular flexibility index (Phi) is 7.02. The van der Waals surface area contributed by atoms with Crippen LogP contribution in [0.2, 0.25) is 0 Å². The Morgan fingerprint density at radius 3 is 2.41 bits per heavy atom. The van der Waals surface area contributed by atoms with E-state index in [2.05, 4.69) is 20.8 Å². The first-order valence-corrected chi connectivity index (χ1v) is 10.4. The summed E-state index contributed by atoms with van der Waals surface area (Å²) in [5.74, 6) is 1.21. The van der Waals surface area contributed by atoms with Crippen molar-refractivity contribution < 1.29 is 9.59 Å². The largest absolute Gasteiger partial charge is 0.326 e. The second kappa shape index (κ2) is 9.88. The van der Waals surface area contributed by atoms with Gasteiger partial charge in [0, 0.05) is 42.6 Å². The Morgan fingerprint density at radius 2 is 1.72 bits per heavy atom.